The third-order valence-electron chi connectivity index (χ3n) is 3.49. The van der Waals surface area contributed by atoms with E-state index in [4.69, 9.17) is 11.6 Å². The summed E-state index contributed by atoms with van der Waals surface area (Å²) in [4.78, 5) is 10.1. The molecule has 1 atom stereocenters. The van der Waals surface area contributed by atoms with Gasteiger partial charge in [0.25, 0.3) is 0 Å². The normalized spacial score (nSPS) is 12.7. The lowest BCUT2D eigenvalue weighted by molar-refractivity contribution is 0.236. The molecule has 114 valence electrons. The van der Waals surface area contributed by atoms with Crippen molar-refractivity contribution in [2.45, 2.75) is 23.1 Å². The number of halogens is 1. The molecular weight excluding hydrogens is 316 g/mol. The van der Waals surface area contributed by atoms with Crippen molar-refractivity contribution in [3.63, 3.8) is 0 Å². The van der Waals surface area contributed by atoms with Crippen LogP contribution in [0.25, 0.3) is 11.0 Å². The number of aliphatic hydroxyl groups excluding tert-OH is 1. The minimum atomic E-state index is 0.174. The Labute approximate surface area is 138 Å². The van der Waals surface area contributed by atoms with Gasteiger partial charge in [-0.1, -0.05) is 30.3 Å². The molecule has 2 aromatic heterocycles. The van der Waals surface area contributed by atoms with Gasteiger partial charge in [-0.3, -0.25) is 0 Å². The molecule has 0 amide bonds. The average molecular weight is 333 g/mol. The Morgan fingerprint density at radius 2 is 2.05 bits per heavy atom. The molecule has 0 unspecified atom stereocenters. The number of aromatic nitrogens is 2. The first-order valence-corrected chi connectivity index (χ1v) is 8.36. The summed E-state index contributed by atoms with van der Waals surface area (Å²) in [6.07, 6.45) is 2.58. The molecule has 5 heteroatoms. The molecule has 0 aliphatic heterocycles. The van der Waals surface area contributed by atoms with Crippen LogP contribution in [0.2, 0.25) is 5.02 Å². The fourth-order valence-corrected chi connectivity index (χ4v) is 3.51. The minimum absolute atomic E-state index is 0.174. The molecule has 2 heterocycles. The van der Waals surface area contributed by atoms with E-state index in [1.165, 1.54) is 4.90 Å². The topological polar surface area (TPSA) is 48.9 Å². The van der Waals surface area contributed by atoms with Crippen molar-refractivity contribution in [3.8, 4) is 0 Å². The molecule has 0 aliphatic carbocycles. The maximum absolute atomic E-state index is 9.33. The fourth-order valence-electron chi connectivity index (χ4n) is 2.34. The molecule has 1 aromatic carbocycles. The number of benzene rings is 1. The Kier molecular flexibility index (Phi) is 4.71. The van der Waals surface area contributed by atoms with Crippen LogP contribution in [-0.2, 0) is 6.42 Å². The number of nitrogens with zero attached hydrogens (tertiary/aromatic N) is 1. The lowest BCUT2D eigenvalue weighted by Crippen LogP contribution is -2.05. The van der Waals surface area contributed by atoms with E-state index in [2.05, 4.69) is 16.0 Å². The van der Waals surface area contributed by atoms with Crippen molar-refractivity contribution in [3.05, 3.63) is 53.3 Å². The number of nitrogens with one attached hydrogen (secondary N) is 1. The smallest absolute Gasteiger partial charge is 0.138 e. The molecule has 0 saturated carbocycles. The van der Waals surface area contributed by atoms with Gasteiger partial charge in [0.05, 0.1) is 0 Å². The van der Waals surface area contributed by atoms with E-state index in [0.29, 0.717) is 0 Å². The predicted molar refractivity (Wildman–Crippen MR) is 91.6 cm³/mol. The molecule has 0 aliphatic rings. The Morgan fingerprint density at radius 3 is 2.77 bits per heavy atom. The van der Waals surface area contributed by atoms with Crippen molar-refractivity contribution in [2.24, 2.45) is 5.92 Å². The molecular formula is C17H17ClN2OS. The Balaban J connectivity index is 2.01. The summed E-state index contributed by atoms with van der Waals surface area (Å²) >= 11 is 7.65. The summed E-state index contributed by atoms with van der Waals surface area (Å²) in [7, 11) is 0. The van der Waals surface area contributed by atoms with Crippen molar-refractivity contribution >= 4 is 34.4 Å². The molecule has 2 N–H and O–H groups in total. The zero-order valence-electron chi connectivity index (χ0n) is 12.2. The molecule has 0 saturated heterocycles. The van der Waals surface area contributed by atoms with Gasteiger partial charge < -0.3 is 10.1 Å². The van der Waals surface area contributed by atoms with Crippen molar-refractivity contribution < 1.29 is 5.11 Å². The second-order valence-electron chi connectivity index (χ2n) is 5.38. The Hall–Kier alpha value is -1.49. The quantitative estimate of drug-likeness (QED) is 0.721. The first-order chi connectivity index (χ1) is 10.7. The third-order valence-corrected chi connectivity index (χ3v) is 4.92. The van der Waals surface area contributed by atoms with Crippen molar-refractivity contribution in [1.82, 2.24) is 9.97 Å². The zero-order valence-corrected chi connectivity index (χ0v) is 13.8. The molecule has 0 fully saturated rings. The molecule has 0 spiro atoms. The Bertz CT molecular complexity index is 770. The van der Waals surface area contributed by atoms with Crippen LogP contribution in [0, 0.1) is 5.92 Å². The van der Waals surface area contributed by atoms with Crippen LogP contribution in [0.3, 0.4) is 0 Å². The second-order valence-corrected chi connectivity index (χ2v) is 6.90. The zero-order chi connectivity index (χ0) is 15.5. The minimum Gasteiger partial charge on any atom is -0.396 e. The number of fused-ring (bicyclic) bond motifs is 1. The SMILES string of the molecule is C[C@H](CO)Cc1[nH]c2ncccc2c1Sc1ccc(Cl)cc1. The van der Waals surface area contributed by atoms with Gasteiger partial charge in [-0.15, -0.1) is 0 Å². The summed E-state index contributed by atoms with van der Waals surface area (Å²) < 4.78 is 0. The number of aromatic amines is 1. The monoisotopic (exact) mass is 332 g/mol. The number of aliphatic hydroxyl groups is 1. The van der Waals surface area contributed by atoms with Crippen LogP contribution in [0.5, 0.6) is 0 Å². The standard InChI is InChI=1S/C17H17ClN2OS/c1-11(10-21)9-15-16(14-3-2-8-19-17(14)20-15)22-13-6-4-12(18)5-7-13/h2-8,11,21H,9-10H2,1H3,(H,19,20)/t11-/m0/s1. The van der Waals surface area contributed by atoms with Gasteiger partial charge in [0.15, 0.2) is 0 Å². The van der Waals surface area contributed by atoms with E-state index in [9.17, 15) is 5.11 Å². The molecule has 3 nitrogen and oxygen atoms in total. The summed E-state index contributed by atoms with van der Waals surface area (Å²) in [6, 6.07) is 11.8. The average Bonchev–Trinajstić information content (AvgIpc) is 2.87. The van der Waals surface area contributed by atoms with Crippen LogP contribution in [0.4, 0.5) is 0 Å². The molecule has 22 heavy (non-hydrogen) atoms. The maximum atomic E-state index is 9.33. The molecule has 0 bridgehead atoms. The number of H-pyrrole nitrogens is 1. The fraction of sp³-hybridized carbons (Fsp3) is 0.235. The lowest BCUT2D eigenvalue weighted by Gasteiger charge is -2.09. The molecule has 3 aromatic rings. The van der Waals surface area contributed by atoms with Crippen molar-refractivity contribution in [1.29, 1.82) is 0 Å². The van der Waals surface area contributed by atoms with Crippen LogP contribution < -0.4 is 0 Å². The van der Waals surface area contributed by atoms with E-state index in [0.717, 1.165) is 33.1 Å². The molecule has 0 radical (unpaired) electrons. The number of rotatable bonds is 5. The van der Waals surface area contributed by atoms with Crippen LogP contribution in [-0.4, -0.2) is 21.7 Å². The van der Waals surface area contributed by atoms with E-state index >= 15 is 0 Å². The molecule has 3 rings (SSSR count). The van der Waals surface area contributed by atoms with Gasteiger partial charge in [-0.25, -0.2) is 4.98 Å². The predicted octanol–water partition coefficient (Wildman–Crippen LogP) is 4.54. The van der Waals surface area contributed by atoms with Gasteiger partial charge in [-0.2, -0.15) is 0 Å². The first-order valence-electron chi connectivity index (χ1n) is 7.17. The highest BCUT2D eigenvalue weighted by molar-refractivity contribution is 7.99. The largest absolute Gasteiger partial charge is 0.396 e. The van der Waals surface area contributed by atoms with E-state index in [1.807, 2.05) is 37.3 Å². The van der Waals surface area contributed by atoms with Crippen LogP contribution in [0.15, 0.2) is 52.4 Å². The lowest BCUT2D eigenvalue weighted by atomic mass is 10.1. The van der Waals surface area contributed by atoms with Gasteiger partial charge in [-0.05, 0) is 48.7 Å². The van der Waals surface area contributed by atoms with Crippen LogP contribution >= 0.6 is 23.4 Å². The highest BCUT2D eigenvalue weighted by atomic mass is 35.5. The van der Waals surface area contributed by atoms with Crippen molar-refractivity contribution in [2.75, 3.05) is 6.61 Å². The summed E-state index contributed by atoms with van der Waals surface area (Å²) in [5.74, 6) is 0.206. The number of hydrogen-bond acceptors (Lipinski definition) is 3. The summed E-state index contributed by atoms with van der Waals surface area (Å²) in [6.45, 7) is 2.21. The highest BCUT2D eigenvalue weighted by Crippen LogP contribution is 2.37. The van der Waals surface area contributed by atoms with Gasteiger partial charge >= 0.3 is 0 Å². The highest BCUT2D eigenvalue weighted by Gasteiger charge is 2.15. The van der Waals surface area contributed by atoms with E-state index in [1.54, 1.807) is 18.0 Å². The van der Waals surface area contributed by atoms with Gasteiger partial charge in [0.2, 0.25) is 0 Å². The van der Waals surface area contributed by atoms with E-state index < -0.39 is 0 Å². The third kappa shape index (κ3) is 3.29. The Morgan fingerprint density at radius 1 is 1.27 bits per heavy atom. The summed E-state index contributed by atoms with van der Waals surface area (Å²) in [5.41, 5.74) is 2.01. The van der Waals surface area contributed by atoms with E-state index in [-0.39, 0.29) is 12.5 Å². The summed E-state index contributed by atoms with van der Waals surface area (Å²) in [5, 5.41) is 11.2. The number of hydrogen-bond donors (Lipinski definition) is 2. The van der Waals surface area contributed by atoms with Gasteiger partial charge in [0.1, 0.15) is 5.65 Å². The van der Waals surface area contributed by atoms with Gasteiger partial charge in [0, 0.05) is 38.7 Å². The first kappa shape index (κ1) is 15.4. The number of pyridine rings is 1. The maximum Gasteiger partial charge on any atom is 0.138 e. The van der Waals surface area contributed by atoms with Crippen LogP contribution in [0.1, 0.15) is 12.6 Å². The second kappa shape index (κ2) is 6.73.